The van der Waals surface area contributed by atoms with Crippen LogP contribution in [-0.2, 0) is 47.4 Å². The standard InChI is InChI=1S/C60H102O29/c1-23(9-13-35(57(4,5)79)88-55-50(89-54-49(78)43(72)38(67)29(20-63)84-54)45(74)40(69)31(86-55)22-81-52-47(76)42(71)37(66)28(19-62)83-52)24-15-16-58(6)32-12-10-25-26(60(32,8)33(64)17-59(24,58)7)11-14-34(56(25,2)3)87-53-48(77)44(73)39(68)30(85-53)21-80-51-46(75)41(70)36(65)27(18-61)82-51/h10,23-24,26-55,61-79H,9,11-22H2,1-8H3/t23-,24-,26-,27-,28-,29-,30-,31-,32+,33+,34+,35-,36-,37-,38-,39-,40-,41+,42+,43+,44+,45+,46-,47-,48-,49-,50-,51-,52-,53+,54+,55+,58+,59-,60+/m1/s1. The molecule has 516 valence electrons. The van der Waals surface area contributed by atoms with Gasteiger partial charge < -0.3 is 144 Å². The zero-order valence-corrected chi connectivity index (χ0v) is 51.8. The maximum Gasteiger partial charge on any atom is 0.187 e. The lowest BCUT2D eigenvalue weighted by Crippen LogP contribution is -2.65. The Morgan fingerprint density at radius 2 is 0.955 bits per heavy atom. The maximum absolute atomic E-state index is 12.8. The molecule has 5 saturated heterocycles. The highest BCUT2D eigenvalue weighted by atomic mass is 16.8. The molecule has 9 rings (SSSR count). The van der Waals surface area contributed by atoms with Gasteiger partial charge in [-0.25, -0.2) is 0 Å². The highest BCUT2D eigenvalue weighted by Gasteiger charge is 2.70. The fourth-order valence-electron chi connectivity index (χ4n) is 17.0. The van der Waals surface area contributed by atoms with E-state index in [2.05, 4.69) is 33.8 Å². The smallest absolute Gasteiger partial charge is 0.187 e. The predicted octanol–water partition coefficient (Wildman–Crippen LogP) is -5.41. The summed E-state index contributed by atoms with van der Waals surface area (Å²) in [5.74, 6) is -0.0172. The average Bonchev–Trinajstić information content (AvgIpc) is 1.66. The van der Waals surface area contributed by atoms with Crippen molar-refractivity contribution < 1.29 is 144 Å². The Balaban J connectivity index is 0.883. The van der Waals surface area contributed by atoms with Crippen molar-refractivity contribution in [2.24, 2.45) is 45.3 Å². The Labute approximate surface area is 517 Å². The van der Waals surface area contributed by atoms with Crippen LogP contribution in [0, 0.1) is 45.3 Å². The first-order valence-corrected chi connectivity index (χ1v) is 31.6. The maximum atomic E-state index is 12.8. The van der Waals surface area contributed by atoms with Gasteiger partial charge in [-0.05, 0) is 99.7 Å². The molecule has 0 aromatic rings. The summed E-state index contributed by atoms with van der Waals surface area (Å²) < 4.78 is 59.3. The summed E-state index contributed by atoms with van der Waals surface area (Å²) in [7, 11) is 0. The summed E-state index contributed by atoms with van der Waals surface area (Å²) >= 11 is 0. The first-order chi connectivity index (χ1) is 41.6. The minimum absolute atomic E-state index is 0.0310. The lowest BCUT2D eigenvalue weighted by Gasteiger charge is -2.67. The van der Waals surface area contributed by atoms with Crippen molar-refractivity contribution in [2.45, 2.75) is 284 Å². The molecule has 19 N–H and O–H groups in total. The third-order valence-electron chi connectivity index (χ3n) is 22.9. The van der Waals surface area contributed by atoms with Crippen molar-refractivity contribution in [2.75, 3.05) is 33.0 Å². The van der Waals surface area contributed by atoms with Gasteiger partial charge in [0.05, 0.1) is 56.9 Å². The first-order valence-electron chi connectivity index (χ1n) is 31.6. The van der Waals surface area contributed by atoms with Crippen molar-refractivity contribution in [1.29, 1.82) is 0 Å². The van der Waals surface area contributed by atoms with Crippen LogP contribution < -0.4 is 0 Å². The zero-order chi connectivity index (χ0) is 65.5. The van der Waals surface area contributed by atoms with Crippen LogP contribution in [0.1, 0.15) is 107 Å². The van der Waals surface area contributed by atoms with Crippen molar-refractivity contribution in [1.82, 2.24) is 0 Å². The zero-order valence-electron chi connectivity index (χ0n) is 51.8. The summed E-state index contributed by atoms with van der Waals surface area (Å²) in [5.41, 5.74) is -2.49. The van der Waals surface area contributed by atoms with E-state index < -0.39 is 227 Å². The fourth-order valence-corrected chi connectivity index (χ4v) is 17.0. The van der Waals surface area contributed by atoms with E-state index in [0.29, 0.717) is 32.1 Å². The summed E-state index contributed by atoms with van der Waals surface area (Å²) in [6.45, 7) is 12.6. The largest absolute Gasteiger partial charge is 0.394 e. The molecule has 0 unspecified atom stereocenters. The summed E-state index contributed by atoms with van der Waals surface area (Å²) in [6.07, 6.45) is -37.4. The molecular weight excluding hydrogens is 1180 g/mol. The molecule has 0 aromatic carbocycles. The average molecular weight is 1290 g/mol. The van der Waals surface area contributed by atoms with Gasteiger partial charge in [0.15, 0.2) is 31.5 Å². The highest BCUT2D eigenvalue weighted by molar-refractivity contribution is 5.32. The molecule has 0 aromatic heterocycles. The van der Waals surface area contributed by atoms with E-state index in [0.717, 1.165) is 18.4 Å². The Hall–Kier alpha value is -1.42. The quantitative estimate of drug-likeness (QED) is 0.0506. The van der Waals surface area contributed by atoms with E-state index in [-0.39, 0.29) is 35.5 Å². The number of allylic oxidation sites excluding steroid dienone is 1. The van der Waals surface area contributed by atoms with Gasteiger partial charge in [0.25, 0.3) is 0 Å². The van der Waals surface area contributed by atoms with Crippen molar-refractivity contribution in [3.8, 4) is 0 Å². The van der Waals surface area contributed by atoms with Crippen LogP contribution >= 0.6 is 0 Å². The topological polar surface area (TPSA) is 477 Å². The number of rotatable bonds is 20. The van der Waals surface area contributed by atoms with Gasteiger partial charge in [0.1, 0.15) is 122 Å². The summed E-state index contributed by atoms with van der Waals surface area (Å²) in [6, 6.07) is 0. The first kappa shape index (κ1) is 71.9. The number of aliphatic hydroxyl groups excluding tert-OH is 18. The van der Waals surface area contributed by atoms with Crippen LogP contribution in [0.2, 0.25) is 0 Å². The third-order valence-corrected chi connectivity index (χ3v) is 22.9. The normalized spacial score (nSPS) is 51.8. The van der Waals surface area contributed by atoms with Crippen molar-refractivity contribution >= 4 is 0 Å². The van der Waals surface area contributed by atoms with E-state index in [1.54, 1.807) is 0 Å². The van der Waals surface area contributed by atoms with Gasteiger partial charge in [0, 0.05) is 10.8 Å². The number of fused-ring (bicyclic) bond motifs is 5. The number of hydrogen-bond donors (Lipinski definition) is 19. The van der Waals surface area contributed by atoms with Gasteiger partial charge in [-0.1, -0.05) is 53.2 Å². The van der Waals surface area contributed by atoms with E-state index in [9.17, 15) is 97.0 Å². The molecule has 35 atom stereocenters. The Morgan fingerprint density at radius 3 is 1.45 bits per heavy atom. The molecule has 89 heavy (non-hydrogen) atoms. The molecular formula is C60H102O29. The SMILES string of the molecule is C[C@H](CC[C@@H](O[C@@H]1O[C@H](CO[C@@H]2O[C@H](CO)[C@@H](O)[C@H](O)[C@H]2O)[C@@H](O)[C@H](O)[C@H]1O[C@@H]1O[C@H](CO)[C@@H](O)[C@H](O)[C@H]1O)C(C)(C)O)[C@H]1CC[C@@]2(C)[C@@H]3CC=C4[C@@H](CC[C@H](O[C@@H]5O[C@H](CO[C@@H]6O[C@H](CO)[C@@H](O)[C@H](O)[C@H]6O)[C@@H](O)[C@H](O)[C@H]5O)C4(C)C)[C@]3(C)[C@@H](O)C[C@]12C. The number of aliphatic hydroxyl groups is 19. The number of ether oxygens (including phenoxy) is 10. The highest BCUT2D eigenvalue weighted by Crippen LogP contribution is 2.75. The molecule has 4 aliphatic carbocycles. The second-order valence-electron chi connectivity index (χ2n) is 28.7. The van der Waals surface area contributed by atoms with Gasteiger partial charge >= 0.3 is 0 Å². The summed E-state index contributed by atoms with van der Waals surface area (Å²) in [4.78, 5) is 0. The minimum Gasteiger partial charge on any atom is -0.394 e. The van der Waals surface area contributed by atoms with Crippen LogP contribution in [0.3, 0.4) is 0 Å². The van der Waals surface area contributed by atoms with Gasteiger partial charge in [-0.3, -0.25) is 0 Å². The van der Waals surface area contributed by atoms with Crippen LogP contribution in [-0.4, -0.2) is 308 Å². The van der Waals surface area contributed by atoms with Crippen LogP contribution in [0.25, 0.3) is 0 Å². The monoisotopic (exact) mass is 1290 g/mol. The molecule has 0 spiro atoms. The van der Waals surface area contributed by atoms with Crippen molar-refractivity contribution in [3.05, 3.63) is 11.6 Å². The lowest BCUT2D eigenvalue weighted by molar-refractivity contribution is -0.380. The molecule has 0 radical (unpaired) electrons. The molecule has 9 aliphatic rings. The third kappa shape index (κ3) is 13.1. The van der Waals surface area contributed by atoms with E-state index >= 15 is 0 Å². The van der Waals surface area contributed by atoms with Crippen LogP contribution in [0.5, 0.6) is 0 Å². The van der Waals surface area contributed by atoms with Gasteiger partial charge in [0.2, 0.25) is 0 Å². The molecule has 5 heterocycles. The second-order valence-corrected chi connectivity index (χ2v) is 28.7. The second kappa shape index (κ2) is 27.6. The Kier molecular flexibility index (Phi) is 22.3. The van der Waals surface area contributed by atoms with Crippen LogP contribution in [0.15, 0.2) is 11.6 Å². The molecule has 29 heteroatoms. The van der Waals surface area contributed by atoms with E-state index in [1.807, 2.05) is 13.8 Å². The molecule has 0 amide bonds. The van der Waals surface area contributed by atoms with Gasteiger partial charge in [-0.15, -0.1) is 0 Å². The summed E-state index contributed by atoms with van der Waals surface area (Å²) in [5, 5.41) is 205. The van der Waals surface area contributed by atoms with Crippen molar-refractivity contribution in [3.63, 3.8) is 0 Å². The molecule has 29 nitrogen and oxygen atoms in total. The Bertz CT molecular complexity index is 2340. The molecule has 0 bridgehead atoms. The van der Waals surface area contributed by atoms with Gasteiger partial charge in [-0.2, -0.15) is 0 Å². The lowest BCUT2D eigenvalue weighted by atomic mass is 9.38. The molecule has 3 saturated carbocycles. The molecule has 5 aliphatic heterocycles. The van der Waals surface area contributed by atoms with E-state index in [4.69, 9.17) is 47.4 Å². The number of hydrogen-bond acceptors (Lipinski definition) is 29. The Morgan fingerprint density at radius 1 is 0.517 bits per heavy atom. The van der Waals surface area contributed by atoms with E-state index in [1.165, 1.54) is 13.8 Å². The van der Waals surface area contributed by atoms with Crippen LogP contribution in [0.4, 0.5) is 0 Å². The predicted molar refractivity (Wildman–Crippen MR) is 300 cm³/mol. The fraction of sp³-hybridized carbons (Fsp3) is 0.967. The molecule has 8 fully saturated rings. The minimum atomic E-state index is -1.96.